The predicted molar refractivity (Wildman–Crippen MR) is 118 cm³/mol. The summed E-state index contributed by atoms with van der Waals surface area (Å²) in [4.78, 5) is 30.8. The summed E-state index contributed by atoms with van der Waals surface area (Å²) in [5, 5.41) is 23.3. The van der Waals surface area contributed by atoms with Crippen LogP contribution in [-0.2, 0) is 0 Å². The van der Waals surface area contributed by atoms with Crippen molar-refractivity contribution >= 4 is 45.1 Å². The number of rotatable bonds is 8. The molecule has 5 N–H and O–H groups in total. The molecule has 9 heteroatoms. The third-order valence-electron chi connectivity index (χ3n) is 4.67. The molecule has 4 rings (SSSR count). The van der Waals surface area contributed by atoms with E-state index >= 15 is 0 Å². The van der Waals surface area contributed by atoms with E-state index in [1.165, 1.54) is 12.1 Å². The first-order valence-electron chi connectivity index (χ1n) is 9.52. The lowest BCUT2D eigenvalue weighted by molar-refractivity contribution is 0.0680. The van der Waals surface area contributed by atoms with Gasteiger partial charge in [0.2, 0.25) is 0 Å². The van der Waals surface area contributed by atoms with E-state index < -0.39 is 11.9 Å². The average Bonchev–Trinajstić information content (AvgIpc) is 2.78. The molecule has 9 nitrogen and oxygen atoms in total. The van der Waals surface area contributed by atoms with Gasteiger partial charge in [0.15, 0.2) is 0 Å². The number of nitrogens with one attached hydrogen (secondary N) is 3. The Bertz CT molecular complexity index is 1190. The second kappa shape index (κ2) is 8.64. The summed E-state index contributed by atoms with van der Waals surface area (Å²) in [5.41, 5.74) is 8.66. The third kappa shape index (κ3) is 4.36. The second-order valence-electron chi connectivity index (χ2n) is 6.74. The highest BCUT2D eigenvalue weighted by Gasteiger charge is 2.09. The molecular formula is C22H19N5O4. The van der Waals surface area contributed by atoms with Crippen LogP contribution >= 0.6 is 0 Å². The molecular weight excluding hydrogens is 398 g/mol. The number of anilines is 2. The van der Waals surface area contributed by atoms with Crippen LogP contribution in [0, 0.1) is 0 Å². The van der Waals surface area contributed by atoms with E-state index in [9.17, 15) is 14.7 Å². The van der Waals surface area contributed by atoms with Gasteiger partial charge in [-0.25, -0.2) is 25.0 Å². The standard InChI is InChI=1S/C22H19N5O4/c28-21(29)17-9-7-13-3-1-5-15(19(13)25-17)23-11-12-24-27-16-6-2-4-14-8-10-18(22(30)31)26-20(14)16/h1-10,23-24,27H,11-12H2,(H,28,29)(H,30,31). The van der Waals surface area contributed by atoms with Gasteiger partial charge in [-0.2, -0.15) is 0 Å². The van der Waals surface area contributed by atoms with Crippen molar-refractivity contribution in [3.8, 4) is 0 Å². The number of aromatic nitrogens is 2. The van der Waals surface area contributed by atoms with Gasteiger partial charge in [0.1, 0.15) is 11.4 Å². The van der Waals surface area contributed by atoms with E-state index in [-0.39, 0.29) is 11.4 Å². The maximum Gasteiger partial charge on any atom is 0.354 e. The normalized spacial score (nSPS) is 10.8. The van der Waals surface area contributed by atoms with Crippen molar-refractivity contribution in [3.05, 3.63) is 72.1 Å². The molecule has 0 atom stereocenters. The molecule has 0 unspecified atom stereocenters. The van der Waals surface area contributed by atoms with E-state index in [4.69, 9.17) is 5.11 Å². The van der Waals surface area contributed by atoms with Gasteiger partial charge in [0, 0.05) is 23.9 Å². The molecule has 156 valence electrons. The van der Waals surface area contributed by atoms with Crippen LogP contribution in [0.15, 0.2) is 60.7 Å². The Labute approximate surface area is 176 Å². The van der Waals surface area contributed by atoms with Crippen LogP contribution in [0.25, 0.3) is 21.8 Å². The minimum Gasteiger partial charge on any atom is -0.477 e. The fourth-order valence-electron chi connectivity index (χ4n) is 3.19. The van der Waals surface area contributed by atoms with Gasteiger partial charge in [-0.05, 0) is 24.3 Å². The van der Waals surface area contributed by atoms with Gasteiger partial charge in [0.25, 0.3) is 0 Å². The van der Waals surface area contributed by atoms with E-state index in [0.29, 0.717) is 29.8 Å². The molecule has 2 heterocycles. The molecule has 0 aliphatic heterocycles. The fraction of sp³-hybridized carbons (Fsp3) is 0.0909. The van der Waals surface area contributed by atoms with Crippen molar-refractivity contribution < 1.29 is 19.8 Å². The van der Waals surface area contributed by atoms with E-state index in [1.54, 1.807) is 12.1 Å². The van der Waals surface area contributed by atoms with Crippen molar-refractivity contribution in [2.24, 2.45) is 0 Å². The van der Waals surface area contributed by atoms with Crippen LogP contribution in [-0.4, -0.2) is 45.2 Å². The minimum absolute atomic E-state index is 0.00859. The molecule has 0 radical (unpaired) electrons. The number of hydrogen-bond donors (Lipinski definition) is 5. The number of hydrazine groups is 1. The summed E-state index contributed by atoms with van der Waals surface area (Å²) in [6, 6.07) is 17.5. The lowest BCUT2D eigenvalue weighted by atomic mass is 10.1. The second-order valence-corrected chi connectivity index (χ2v) is 6.74. The molecule has 31 heavy (non-hydrogen) atoms. The number of carboxylic acids is 2. The molecule has 4 aromatic rings. The Morgan fingerprint density at radius 3 is 1.84 bits per heavy atom. The maximum atomic E-state index is 11.2. The molecule has 0 amide bonds. The SMILES string of the molecule is O=C(O)c1ccc2cccc(NCCNNc3cccc4ccc(C(=O)O)nc34)c2n1. The largest absolute Gasteiger partial charge is 0.477 e. The molecule has 0 saturated carbocycles. The van der Waals surface area contributed by atoms with Gasteiger partial charge in [0.05, 0.1) is 22.4 Å². The number of aromatic carboxylic acids is 2. The van der Waals surface area contributed by atoms with E-state index in [1.807, 2.05) is 36.4 Å². The van der Waals surface area contributed by atoms with Crippen molar-refractivity contribution in [2.75, 3.05) is 23.8 Å². The van der Waals surface area contributed by atoms with E-state index in [0.717, 1.165) is 16.5 Å². The average molecular weight is 417 g/mol. The number of benzene rings is 2. The molecule has 0 bridgehead atoms. The number of carbonyl (C=O) groups is 2. The number of hydrogen-bond acceptors (Lipinski definition) is 7. The van der Waals surface area contributed by atoms with Crippen molar-refractivity contribution in [3.63, 3.8) is 0 Å². The highest BCUT2D eigenvalue weighted by Crippen LogP contribution is 2.22. The number of para-hydroxylation sites is 2. The van der Waals surface area contributed by atoms with Crippen molar-refractivity contribution in [1.82, 2.24) is 15.4 Å². The Hall–Kier alpha value is -4.24. The van der Waals surface area contributed by atoms with Crippen LogP contribution in [0.5, 0.6) is 0 Å². The molecule has 0 aliphatic carbocycles. The van der Waals surface area contributed by atoms with Gasteiger partial charge in [-0.1, -0.05) is 36.4 Å². The minimum atomic E-state index is -1.08. The molecule has 0 aliphatic rings. The van der Waals surface area contributed by atoms with Gasteiger partial charge in [-0.3, -0.25) is 0 Å². The monoisotopic (exact) mass is 417 g/mol. The summed E-state index contributed by atoms with van der Waals surface area (Å²) >= 11 is 0. The lowest BCUT2D eigenvalue weighted by Crippen LogP contribution is -2.27. The van der Waals surface area contributed by atoms with Crippen LogP contribution in [0.3, 0.4) is 0 Å². The number of fused-ring (bicyclic) bond motifs is 2. The van der Waals surface area contributed by atoms with Gasteiger partial charge >= 0.3 is 11.9 Å². The third-order valence-corrected chi connectivity index (χ3v) is 4.67. The lowest BCUT2D eigenvalue weighted by Gasteiger charge is -2.13. The van der Waals surface area contributed by atoms with E-state index in [2.05, 4.69) is 26.1 Å². The predicted octanol–water partition coefficient (Wildman–Crippen LogP) is 3.21. The summed E-state index contributed by atoms with van der Waals surface area (Å²) < 4.78 is 0. The first-order valence-corrected chi connectivity index (χ1v) is 9.52. The summed E-state index contributed by atoms with van der Waals surface area (Å²) in [7, 11) is 0. The highest BCUT2D eigenvalue weighted by atomic mass is 16.4. The van der Waals surface area contributed by atoms with Crippen molar-refractivity contribution in [2.45, 2.75) is 0 Å². The molecule has 0 fully saturated rings. The molecule has 2 aromatic heterocycles. The van der Waals surface area contributed by atoms with Gasteiger partial charge < -0.3 is 21.0 Å². The number of nitrogens with zero attached hydrogens (tertiary/aromatic N) is 2. The summed E-state index contributed by atoms with van der Waals surface area (Å²) in [6.45, 7) is 1.05. The zero-order valence-corrected chi connectivity index (χ0v) is 16.3. The molecule has 0 spiro atoms. The smallest absolute Gasteiger partial charge is 0.354 e. The topological polar surface area (TPSA) is 136 Å². The first kappa shape index (κ1) is 20.0. The maximum absolute atomic E-state index is 11.2. The quantitative estimate of drug-likeness (QED) is 0.216. The van der Waals surface area contributed by atoms with Crippen LogP contribution in [0.1, 0.15) is 21.0 Å². The zero-order valence-electron chi connectivity index (χ0n) is 16.3. The first-order chi connectivity index (χ1) is 15.0. The Morgan fingerprint density at radius 2 is 1.26 bits per heavy atom. The van der Waals surface area contributed by atoms with Crippen LogP contribution in [0.2, 0.25) is 0 Å². The number of pyridine rings is 2. The Morgan fingerprint density at radius 1 is 0.710 bits per heavy atom. The summed E-state index contributed by atoms with van der Waals surface area (Å²) in [5.74, 6) is -2.15. The number of carboxylic acid groups (broad SMARTS) is 2. The fourth-order valence-corrected chi connectivity index (χ4v) is 3.19. The Balaban J connectivity index is 1.41. The molecule has 0 saturated heterocycles. The zero-order chi connectivity index (χ0) is 21.8. The Kier molecular flexibility index (Phi) is 5.59. The van der Waals surface area contributed by atoms with Gasteiger partial charge in [-0.15, -0.1) is 0 Å². The van der Waals surface area contributed by atoms with Crippen molar-refractivity contribution in [1.29, 1.82) is 0 Å². The summed E-state index contributed by atoms with van der Waals surface area (Å²) in [6.07, 6.45) is 0. The van der Waals surface area contributed by atoms with Crippen LogP contribution in [0.4, 0.5) is 11.4 Å². The highest BCUT2D eigenvalue weighted by molar-refractivity contribution is 5.95. The molecule has 2 aromatic carbocycles. The van der Waals surface area contributed by atoms with Crippen LogP contribution < -0.4 is 16.2 Å².